The van der Waals surface area contributed by atoms with E-state index in [1.54, 1.807) is 51.2 Å². The van der Waals surface area contributed by atoms with Crippen LogP contribution in [0.2, 0.25) is 5.02 Å². The normalized spacial score (nSPS) is 11.2. The van der Waals surface area contributed by atoms with Crippen LogP contribution in [0.5, 0.6) is 5.75 Å². The Balaban J connectivity index is 1.96. The van der Waals surface area contributed by atoms with Crippen LogP contribution < -0.4 is 10.1 Å². The zero-order valence-corrected chi connectivity index (χ0v) is 12.9. The number of hydrogen-bond acceptors (Lipinski definition) is 4. The Bertz CT molecular complexity index is 620. The van der Waals surface area contributed by atoms with Gasteiger partial charge in [0.05, 0.1) is 6.20 Å². The van der Waals surface area contributed by atoms with Gasteiger partial charge in [0, 0.05) is 17.1 Å². The topological polar surface area (TPSA) is 64.4 Å². The highest BCUT2D eigenvalue weighted by Crippen LogP contribution is 2.21. The van der Waals surface area contributed by atoms with Crippen molar-refractivity contribution in [1.29, 1.82) is 0 Å². The van der Waals surface area contributed by atoms with E-state index in [2.05, 4.69) is 10.5 Å². The highest BCUT2D eigenvalue weighted by atomic mass is 35.5. The summed E-state index contributed by atoms with van der Waals surface area (Å²) in [5, 5.41) is 7.09. The van der Waals surface area contributed by atoms with Gasteiger partial charge in [0.2, 0.25) is 0 Å². The quantitative estimate of drug-likeness (QED) is 0.921. The third kappa shape index (κ3) is 3.98. The van der Waals surface area contributed by atoms with Crippen molar-refractivity contribution in [3.63, 3.8) is 0 Å². The fourth-order valence-electron chi connectivity index (χ4n) is 1.72. The van der Waals surface area contributed by atoms with E-state index < -0.39 is 5.60 Å². The van der Waals surface area contributed by atoms with Gasteiger partial charge in [-0.1, -0.05) is 16.8 Å². The first-order valence-corrected chi connectivity index (χ1v) is 6.89. The molecule has 0 saturated carbocycles. The molecule has 0 aliphatic carbocycles. The van der Waals surface area contributed by atoms with Gasteiger partial charge >= 0.3 is 0 Å². The summed E-state index contributed by atoms with van der Waals surface area (Å²) in [7, 11) is 0. The highest BCUT2D eigenvalue weighted by molar-refractivity contribution is 6.30. The number of nitrogens with one attached hydrogen (secondary N) is 1. The number of nitrogens with zero attached hydrogens (tertiary/aromatic N) is 1. The number of carbonyl (C=O) groups is 1. The monoisotopic (exact) mass is 308 g/mol. The molecule has 6 heteroatoms. The second kappa shape index (κ2) is 6.18. The van der Waals surface area contributed by atoms with Gasteiger partial charge in [-0.25, -0.2) is 0 Å². The molecule has 5 nitrogen and oxygen atoms in total. The minimum Gasteiger partial charge on any atom is -0.478 e. The zero-order valence-electron chi connectivity index (χ0n) is 12.1. The maximum Gasteiger partial charge on any atom is 0.263 e. The first kappa shape index (κ1) is 15.4. The van der Waals surface area contributed by atoms with Gasteiger partial charge in [-0.3, -0.25) is 4.79 Å². The van der Waals surface area contributed by atoms with Crippen LogP contribution in [-0.2, 0) is 11.3 Å². The summed E-state index contributed by atoms with van der Waals surface area (Å²) in [6.07, 6.45) is 1.59. The molecule has 0 unspecified atom stereocenters. The Morgan fingerprint density at radius 3 is 2.62 bits per heavy atom. The number of amides is 1. The molecule has 0 saturated heterocycles. The molecule has 0 radical (unpaired) electrons. The molecule has 21 heavy (non-hydrogen) atoms. The molecular weight excluding hydrogens is 292 g/mol. The smallest absolute Gasteiger partial charge is 0.263 e. The molecule has 112 valence electrons. The molecule has 0 bridgehead atoms. The summed E-state index contributed by atoms with van der Waals surface area (Å²) in [6.45, 7) is 5.56. The lowest BCUT2D eigenvalue weighted by Gasteiger charge is -2.25. The van der Waals surface area contributed by atoms with Gasteiger partial charge in [0.1, 0.15) is 11.5 Å². The SMILES string of the molecule is Cc1oncc1CNC(=O)C(C)(C)Oc1ccc(Cl)cc1. The van der Waals surface area contributed by atoms with E-state index in [1.165, 1.54) is 0 Å². The Morgan fingerprint density at radius 2 is 2.05 bits per heavy atom. The van der Waals surface area contributed by atoms with Crippen molar-refractivity contribution < 1.29 is 14.1 Å². The standard InChI is InChI=1S/C15H17ClN2O3/c1-10-11(9-18-21-10)8-17-14(19)15(2,3)20-13-6-4-12(16)5-7-13/h4-7,9H,8H2,1-3H3,(H,17,19). The first-order chi connectivity index (χ1) is 9.88. The van der Waals surface area contributed by atoms with Gasteiger partial charge < -0.3 is 14.6 Å². The predicted octanol–water partition coefficient (Wildman–Crippen LogP) is 3.11. The van der Waals surface area contributed by atoms with Crippen molar-refractivity contribution in [2.24, 2.45) is 0 Å². The lowest BCUT2D eigenvalue weighted by Crippen LogP contribution is -2.46. The van der Waals surface area contributed by atoms with Crippen LogP contribution in [0, 0.1) is 6.92 Å². The predicted molar refractivity (Wildman–Crippen MR) is 79.2 cm³/mol. The molecule has 0 atom stereocenters. The summed E-state index contributed by atoms with van der Waals surface area (Å²) < 4.78 is 10.7. The molecule has 1 N–H and O–H groups in total. The largest absolute Gasteiger partial charge is 0.478 e. The van der Waals surface area contributed by atoms with Gasteiger partial charge in [0.25, 0.3) is 5.91 Å². The van der Waals surface area contributed by atoms with Crippen molar-refractivity contribution in [2.45, 2.75) is 32.9 Å². The Hall–Kier alpha value is -2.01. The van der Waals surface area contributed by atoms with E-state index in [1.807, 2.05) is 0 Å². The number of carbonyl (C=O) groups excluding carboxylic acids is 1. The number of ether oxygens (including phenoxy) is 1. The number of hydrogen-bond donors (Lipinski definition) is 1. The van der Waals surface area contributed by atoms with Crippen LogP contribution in [0.25, 0.3) is 0 Å². The van der Waals surface area contributed by atoms with Crippen LogP contribution >= 0.6 is 11.6 Å². The fraction of sp³-hybridized carbons (Fsp3) is 0.333. The molecule has 2 aromatic rings. The highest BCUT2D eigenvalue weighted by Gasteiger charge is 2.29. The van der Waals surface area contributed by atoms with Crippen molar-refractivity contribution >= 4 is 17.5 Å². The fourth-order valence-corrected chi connectivity index (χ4v) is 1.85. The summed E-state index contributed by atoms with van der Waals surface area (Å²) in [5.41, 5.74) is -0.163. The number of rotatable bonds is 5. The van der Waals surface area contributed by atoms with E-state index in [0.29, 0.717) is 23.1 Å². The average molecular weight is 309 g/mol. The third-order valence-electron chi connectivity index (χ3n) is 3.02. The summed E-state index contributed by atoms with van der Waals surface area (Å²) >= 11 is 5.82. The van der Waals surface area contributed by atoms with Gasteiger partial charge in [-0.05, 0) is 45.0 Å². The van der Waals surface area contributed by atoms with Gasteiger partial charge in [0.15, 0.2) is 5.60 Å². The van der Waals surface area contributed by atoms with Crippen LogP contribution in [-0.4, -0.2) is 16.7 Å². The second-order valence-corrected chi connectivity index (χ2v) is 5.59. The summed E-state index contributed by atoms with van der Waals surface area (Å²) in [6, 6.07) is 6.87. The van der Waals surface area contributed by atoms with E-state index in [-0.39, 0.29) is 5.91 Å². The maximum absolute atomic E-state index is 12.2. The maximum atomic E-state index is 12.2. The second-order valence-electron chi connectivity index (χ2n) is 5.16. The number of aromatic nitrogens is 1. The van der Waals surface area contributed by atoms with Crippen molar-refractivity contribution in [3.05, 3.63) is 46.8 Å². The van der Waals surface area contributed by atoms with E-state index in [9.17, 15) is 4.79 Å². The summed E-state index contributed by atoms with van der Waals surface area (Å²) in [5.74, 6) is 1.05. The number of benzene rings is 1. The van der Waals surface area contributed by atoms with Crippen LogP contribution in [0.3, 0.4) is 0 Å². The molecule has 0 fully saturated rings. The minimum absolute atomic E-state index is 0.224. The first-order valence-electron chi connectivity index (χ1n) is 6.51. The average Bonchev–Trinajstić information content (AvgIpc) is 2.84. The molecule has 1 aromatic carbocycles. The Labute approximate surface area is 128 Å². The minimum atomic E-state index is -1.00. The summed E-state index contributed by atoms with van der Waals surface area (Å²) in [4.78, 5) is 12.2. The van der Waals surface area contributed by atoms with E-state index >= 15 is 0 Å². The van der Waals surface area contributed by atoms with Gasteiger partial charge in [-0.15, -0.1) is 0 Å². The van der Waals surface area contributed by atoms with Crippen molar-refractivity contribution in [1.82, 2.24) is 10.5 Å². The van der Waals surface area contributed by atoms with E-state index in [4.69, 9.17) is 20.9 Å². The molecule has 1 amide bonds. The molecule has 0 spiro atoms. The number of halogens is 1. The molecule has 0 aliphatic heterocycles. The lowest BCUT2D eigenvalue weighted by molar-refractivity contribution is -0.134. The third-order valence-corrected chi connectivity index (χ3v) is 3.28. The van der Waals surface area contributed by atoms with Crippen LogP contribution in [0.15, 0.2) is 35.0 Å². The van der Waals surface area contributed by atoms with Crippen LogP contribution in [0.1, 0.15) is 25.2 Å². The molecule has 1 heterocycles. The molecule has 0 aliphatic rings. The zero-order chi connectivity index (χ0) is 15.5. The van der Waals surface area contributed by atoms with Crippen molar-refractivity contribution in [3.8, 4) is 5.75 Å². The Kier molecular flexibility index (Phi) is 4.53. The molecule has 1 aromatic heterocycles. The number of aryl methyl sites for hydroxylation is 1. The molecule has 2 rings (SSSR count). The molecular formula is C15H17ClN2O3. The van der Waals surface area contributed by atoms with E-state index in [0.717, 1.165) is 5.56 Å². The Morgan fingerprint density at radius 1 is 1.38 bits per heavy atom. The lowest BCUT2D eigenvalue weighted by atomic mass is 10.1. The van der Waals surface area contributed by atoms with Gasteiger partial charge in [-0.2, -0.15) is 0 Å². The van der Waals surface area contributed by atoms with Crippen molar-refractivity contribution in [2.75, 3.05) is 0 Å². The van der Waals surface area contributed by atoms with Crippen LogP contribution in [0.4, 0.5) is 0 Å².